The van der Waals surface area contributed by atoms with E-state index in [4.69, 9.17) is 5.11 Å². The van der Waals surface area contributed by atoms with Crippen molar-refractivity contribution in [2.24, 2.45) is 0 Å². The summed E-state index contributed by atoms with van der Waals surface area (Å²) in [7, 11) is 0. The third-order valence-electron chi connectivity index (χ3n) is 2.62. The zero-order valence-corrected chi connectivity index (χ0v) is 9.16. The van der Waals surface area contributed by atoms with Gasteiger partial charge in [-0.2, -0.15) is 13.2 Å². The molecule has 94 valence electrons. The summed E-state index contributed by atoms with van der Waals surface area (Å²) in [5.41, 5.74) is -1.10. The van der Waals surface area contributed by atoms with E-state index in [1.807, 2.05) is 0 Å². The van der Waals surface area contributed by atoms with Gasteiger partial charge < -0.3 is 5.11 Å². The van der Waals surface area contributed by atoms with Crippen LogP contribution in [0.3, 0.4) is 0 Å². The maximum absolute atomic E-state index is 12.8. The fraction of sp³-hybridized carbons (Fsp3) is 0.154. The van der Waals surface area contributed by atoms with Gasteiger partial charge in [0.1, 0.15) is 0 Å². The first kappa shape index (κ1) is 12.4. The Morgan fingerprint density at radius 1 is 1.11 bits per heavy atom. The number of fused-ring (bicyclic) bond motifs is 1. The zero-order valence-electron chi connectivity index (χ0n) is 9.16. The molecule has 0 aliphatic heterocycles. The average Bonchev–Trinajstić information content (AvgIpc) is 2.26. The monoisotopic (exact) mass is 254 g/mol. The molecule has 18 heavy (non-hydrogen) atoms. The summed E-state index contributed by atoms with van der Waals surface area (Å²) in [6.45, 7) is 0. The molecule has 0 atom stereocenters. The van der Waals surface area contributed by atoms with Crippen LogP contribution in [-0.4, -0.2) is 11.1 Å². The molecule has 2 rings (SSSR count). The van der Waals surface area contributed by atoms with Gasteiger partial charge in [-0.15, -0.1) is 0 Å². The van der Waals surface area contributed by atoms with Crippen molar-refractivity contribution >= 4 is 16.7 Å². The minimum atomic E-state index is -4.55. The predicted molar refractivity (Wildman–Crippen MR) is 60.3 cm³/mol. The number of carboxylic acid groups (broad SMARTS) is 1. The zero-order chi connectivity index (χ0) is 13.3. The molecular weight excluding hydrogens is 245 g/mol. The molecule has 0 aliphatic rings. The van der Waals surface area contributed by atoms with Crippen LogP contribution in [0.2, 0.25) is 0 Å². The third kappa shape index (κ3) is 2.45. The van der Waals surface area contributed by atoms with E-state index in [9.17, 15) is 18.0 Å². The summed E-state index contributed by atoms with van der Waals surface area (Å²) >= 11 is 0. The van der Waals surface area contributed by atoms with E-state index in [1.54, 1.807) is 24.3 Å². The van der Waals surface area contributed by atoms with Crippen molar-refractivity contribution < 1.29 is 23.1 Å². The Morgan fingerprint density at radius 2 is 1.67 bits per heavy atom. The van der Waals surface area contributed by atoms with Crippen molar-refractivity contribution in [2.45, 2.75) is 12.6 Å². The highest BCUT2D eigenvalue weighted by molar-refractivity contribution is 5.85. The lowest BCUT2D eigenvalue weighted by molar-refractivity contribution is -0.139. The van der Waals surface area contributed by atoms with Crippen molar-refractivity contribution in [1.82, 2.24) is 0 Å². The van der Waals surface area contributed by atoms with E-state index in [0.29, 0.717) is 10.8 Å². The Labute approximate surface area is 101 Å². The Bertz CT molecular complexity index is 603. The van der Waals surface area contributed by atoms with Gasteiger partial charge in [0.25, 0.3) is 0 Å². The van der Waals surface area contributed by atoms with Crippen LogP contribution in [0.5, 0.6) is 0 Å². The molecule has 0 bridgehead atoms. The molecule has 0 saturated heterocycles. The smallest absolute Gasteiger partial charge is 0.416 e. The normalized spacial score (nSPS) is 11.7. The summed E-state index contributed by atoms with van der Waals surface area (Å²) in [5.74, 6) is -1.28. The molecule has 5 heteroatoms. The SMILES string of the molecule is O=C(O)Cc1cc2ccccc2cc1C(F)(F)F. The van der Waals surface area contributed by atoms with Gasteiger partial charge in [-0.3, -0.25) is 4.79 Å². The number of hydrogen-bond donors (Lipinski definition) is 1. The van der Waals surface area contributed by atoms with Crippen LogP contribution in [0.4, 0.5) is 13.2 Å². The largest absolute Gasteiger partial charge is 0.481 e. The minimum absolute atomic E-state index is 0.214. The van der Waals surface area contributed by atoms with Crippen LogP contribution in [-0.2, 0) is 17.4 Å². The van der Waals surface area contributed by atoms with E-state index >= 15 is 0 Å². The lowest BCUT2D eigenvalue weighted by atomic mass is 9.98. The number of carboxylic acids is 1. The van der Waals surface area contributed by atoms with Crippen molar-refractivity contribution in [3.05, 3.63) is 47.5 Å². The van der Waals surface area contributed by atoms with Crippen molar-refractivity contribution in [2.75, 3.05) is 0 Å². The Hall–Kier alpha value is -2.04. The fourth-order valence-electron chi connectivity index (χ4n) is 1.86. The summed E-state index contributed by atoms with van der Waals surface area (Å²) in [6, 6.07) is 8.83. The molecule has 0 fully saturated rings. The minimum Gasteiger partial charge on any atom is -0.481 e. The standard InChI is InChI=1S/C13H9F3O2/c14-13(15,16)11-6-9-4-2-1-3-8(9)5-10(11)7-12(17)18/h1-6H,7H2,(H,17,18). The molecule has 0 unspecified atom stereocenters. The van der Waals surface area contributed by atoms with Gasteiger partial charge in [-0.05, 0) is 28.5 Å². The van der Waals surface area contributed by atoms with E-state index in [1.165, 1.54) is 6.07 Å². The molecule has 2 aromatic rings. The van der Waals surface area contributed by atoms with Crippen LogP contribution in [0.1, 0.15) is 11.1 Å². The van der Waals surface area contributed by atoms with Crippen LogP contribution >= 0.6 is 0 Å². The number of alkyl halides is 3. The van der Waals surface area contributed by atoms with Gasteiger partial charge in [0.05, 0.1) is 12.0 Å². The van der Waals surface area contributed by atoms with Crippen LogP contribution in [0.25, 0.3) is 10.8 Å². The topological polar surface area (TPSA) is 37.3 Å². The quantitative estimate of drug-likeness (QED) is 0.890. The number of carbonyl (C=O) groups is 1. The van der Waals surface area contributed by atoms with Crippen LogP contribution in [0, 0.1) is 0 Å². The molecule has 0 aliphatic carbocycles. The molecule has 0 heterocycles. The first-order valence-corrected chi connectivity index (χ1v) is 5.18. The van der Waals surface area contributed by atoms with Crippen molar-refractivity contribution in [3.8, 4) is 0 Å². The third-order valence-corrected chi connectivity index (χ3v) is 2.62. The van der Waals surface area contributed by atoms with Gasteiger partial charge in [-0.25, -0.2) is 0 Å². The number of benzene rings is 2. The van der Waals surface area contributed by atoms with Gasteiger partial charge in [0, 0.05) is 0 Å². The molecule has 2 nitrogen and oxygen atoms in total. The van der Waals surface area contributed by atoms with Gasteiger partial charge >= 0.3 is 12.1 Å². The lowest BCUT2D eigenvalue weighted by Gasteiger charge is -2.13. The molecular formula is C13H9F3O2. The van der Waals surface area contributed by atoms with Gasteiger partial charge in [0.15, 0.2) is 0 Å². The summed E-state index contributed by atoms with van der Waals surface area (Å²) in [5, 5.41) is 9.70. The maximum atomic E-state index is 12.8. The van der Waals surface area contributed by atoms with Crippen LogP contribution < -0.4 is 0 Å². The van der Waals surface area contributed by atoms with Crippen LogP contribution in [0.15, 0.2) is 36.4 Å². The molecule has 0 aromatic heterocycles. The Kier molecular flexibility index (Phi) is 2.98. The molecule has 0 radical (unpaired) electrons. The summed E-state index contributed by atoms with van der Waals surface area (Å²) in [4.78, 5) is 10.6. The first-order valence-electron chi connectivity index (χ1n) is 5.18. The van der Waals surface area contributed by atoms with Crippen molar-refractivity contribution in [1.29, 1.82) is 0 Å². The van der Waals surface area contributed by atoms with Gasteiger partial charge in [-0.1, -0.05) is 24.3 Å². The van der Waals surface area contributed by atoms with Gasteiger partial charge in [0.2, 0.25) is 0 Å². The highest BCUT2D eigenvalue weighted by atomic mass is 19.4. The van der Waals surface area contributed by atoms with Crippen molar-refractivity contribution in [3.63, 3.8) is 0 Å². The fourth-order valence-corrected chi connectivity index (χ4v) is 1.86. The highest BCUT2D eigenvalue weighted by Gasteiger charge is 2.33. The Morgan fingerprint density at radius 3 is 2.17 bits per heavy atom. The van der Waals surface area contributed by atoms with E-state index in [0.717, 1.165) is 6.07 Å². The Balaban J connectivity index is 2.67. The molecule has 0 saturated carbocycles. The molecule has 1 N–H and O–H groups in total. The van der Waals surface area contributed by atoms with E-state index in [2.05, 4.69) is 0 Å². The maximum Gasteiger partial charge on any atom is 0.416 e. The summed E-state index contributed by atoms with van der Waals surface area (Å²) in [6.07, 6.45) is -5.19. The summed E-state index contributed by atoms with van der Waals surface area (Å²) < 4.78 is 38.5. The second kappa shape index (κ2) is 4.33. The molecule has 0 spiro atoms. The molecule has 0 amide bonds. The van der Waals surface area contributed by atoms with E-state index < -0.39 is 24.1 Å². The number of aliphatic carboxylic acids is 1. The second-order valence-corrected chi connectivity index (χ2v) is 3.92. The number of rotatable bonds is 2. The predicted octanol–water partition coefficient (Wildman–Crippen LogP) is 3.49. The number of hydrogen-bond acceptors (Lipinski definition) is 1. The first-order chi connectivity index (χ1) is 8.38. The number of halogens is 3. The lowest BCUT2D eigenvalue weighted by Crippen LogP contribution is -2.12. The highest BCUT2D eigenvalue weighted by Crippen LogP contribution is 2.34. The average molecular weight is 254 g/mol. The van der Waals surface area contributed by atoms with E-state index in [-0.39, 0.29) is 5.56 Å². The second-order valence-electron chi connectivity index (χ2n) is 3.92. The molecule has 2 aromatic carbocycles.